The number of hydrogen-bond donors (Lipinski definition) is 1. The van der Waals surface area contributed by atoms with Gasteiger partial charge in [0.25, 0.3) is 0 Å². The van der Waals surface area contributed by atoms with Crippen molar-refractivity contribution in [3.05, 3.63) is 70.0 Å². The minimum atomic E-state index is -0.316. The SMILES string of the molecule is NCC(c1ccc(F)cc1Cl)N1CCc2ccccc2C1. The fraction of sp³-hybridized carbons (Fsp3) is 0.294. The van der Waals surface area contributed by atoms with Gasteiger partial charge in [0.15, 0.2) is 0 Å². The molecule has 0 fully saturated rings. The number of nitrogens with two attached hydrogens (primary N) is 1. The van der Waals surface area contributed by atoms with Gasteiger partial charge in [0, 0.05) is 30.7 Å². The van der Waals surface area contributed by atoms with Gasteiger partial charge in [-0.1, -0.05) is 41.9 Å². The predicted molar refractivity (Wildman–Crippen MR) is 83.8 cm³/mol. The van der Waals surface area contributed by atoms with Gasteiger partial charge in [0.05, 0.1) is 0 Å². The third-order valence-electron chi connectivity index (χ3n) is 4.15. The van der Waals surface area contributed by atoms with Crippen LogP contribution in [0.5, 0.6) is 0 Å². The van der Waals surface area contributed by atoms with E-state index >= 15 is 0 Å². The van der Waals surface area contributed by atoms with Crippen molar-refractivity contribution in [3.63, 3.8) is 0 Å². The summed E-state index contributed by atoms with van der Waals surface area (Å²) in [4.78, 5) is 2.32. The summed E-state index contributed by atoms with van der Waals surface area (Å²) >= 11 is 6.20. The lowest BCUT2D eigenvalue weighted by atomic mass is 9.96. The molecule has 110 valence electrons. The molecule has 2 N–H and O–H groups in total. The number of benzene rings is 2. The van der Waals surface area contributed by atoms with Crippen molar-refractivity contribution in [2.45, 2.75) is 19.0 Å². The monoisotopic (exact) mass is 304 g/mol. The van der Waals surface area contributed by atoms with Crippen LogP contribution in [0, 0.1) is 5.82 Å². The van der Waals surface area contributed by atoms with Crippen LogP contribution in [-0.4, -0.2) is 18.0 Å². The second-order valence-electron chi connectivity index (χ2n) is 5.41. The largest absolute Gasteiger partial charge is 0.329 e. The molecule has 0 saturated heterocycles. The van der Waals surface area contributed by atoms with Crippen LogP contribution in [0.4, 0.5) is 4.39 Å². The molecule has 0 aromatic heterocycles. The average Bonchev–Trinajstić information content (AvgIpc) is 2.50. The van der Waals surface area contributed by atoms with E-state index < -0.39 is 0 Å². The van der Waals surface area contributed by atoms with E-state index in [-0.39, 0.29) is 11.9 Å². The van der Waals surface area contributed by atoms with Crippen molar-refractivity contribution < 1.29 is 4.39 Å². The topological polar surface area (TPSA) is 29.3 Å². The molecule has 1 heterocycles. The van der Waals surface area contributed by atoms with Crippen molar-refractivity contribution in [2.24, 2.45) is 5.73 Å². The maximum Gasteiger partial charge on any atom is 0.124 e. The lowest BCUT2D eigenvalue weighted by Gasteiger charge is -2.35. The van der Waals surface area contributed by atoms with Crippen LogP contribution in [0.1, 0.15) is 22.7 Å². The zero-order valence-corrected chi connectivity index (χ0v) is 12.5. The van der Waals surface area contributed by atoms with Gasteiger partial charge >= 0.3 is 0 Å². The van der Waals surface area contributed by atoms with Crippen LogP contribution in [0.25, 0.3) is 0 Å². The summed E-state index contributed by atoms with van der Waals surface area (Å²) in [6.45, 7) is 2.26. The van der Waals surface area contributed by atoms with Gasteiger partial charge < -0.3 is 5.73 Å². The molecule has 21 heavy (non-hydrogen) atoms. The van der Waals surface area contributed by atoms with Crippen LogP contribution >= 0.6 is 11.6 Å². The summed E-state index contributed by atoms with van der Waals surface area (Å²) in [5.41, 5.74) is 9.60. The van der Waals surface area contributed by atoms with Crippen molar-refractivity contribution in [2.75, 3.05) is 13.1 Å². The van der Waals surface area contributed by atoms with Crippen molar-refractivity contribution in [1.29, 1.82) is 0 Å². The quantitative estimate of drug-likeness (QED) is 0.940. The summed E-state index contributed by atoms with van der Waals surface area (Å²) in [7, 11) is 0. The lowest BCUT2D eigenvalue weighted by molar-refractivity contribution is 0.183. The summed E-state index contributed by atoms with van der Waals surface area (Å²) in [5.74, 6) is -0.316. The molecule has 0 amide bonds. The third kappa shape index (κ3) is 2.95. The first-order valence-corrected chi connectivity index (χ1v) is 7.52. The second kappa shape index (κ2) is 6.14. The summed E-state index contributed by atoms with van der Waals surface area (Å²) < 4.78 is 13.2. The number of hydrogen-bond acceptors (Lipinski definition) is 2. The van der Waals surface area contributed by atoms with Gasteiger partial charge in [-0.25, -0.2) is 4.39 Å². The smallest absolute Gasteiger partial charge is 0.124 e. The Balaban J connectivity index is 1.88. The molecular weight excluding hydrogens is 287 g/mol. The van der Waals surface area contributed by atoms with Crippen LogP contribution in [-0.2, 0) is 13.0 Å². The Morgan fingerprint density at radius 3 is 2.67 bits per heavy atom. The van der Waals surface area contributed by atoms with Gasteiger partial charge in [-0.05, 0) is 35.2 Å². The second-order valence-corrected chi connectivity index (χ2v) is 5.81. The number of halogens is 2. The maximum absolute atomic E-state index is 13.2. The Kier molecular flexibility index (Phi) is 4.24. The third-order valence-corrected chi connectivity index (χ3v) is 4.47. The molecule has 0 aliphatic carbocycles. The normalized spacial score (nSPS) is 16.5. The minimum Gasteiger partial charge on any atom is -0.329 e. The Labute approximate surface area is 129 Å². The summed E-state index contributed by atoms with van der Waals surface area (Å²) in [6, 6.07) is 13.0. The molecule has 0 bridgehead atoms. The van der Waals surface area contributed by atoms with E-state index in [1.807, 2.05) is 0 Å². The fourth-order valence-electron chi connectivity index (χ4n) is 3.03. The van der Waals surface area contributed by atoms with Crippen LogP contribution in [0.2, 0.25) is 5.02 Å². The molecule has 2 aromatic rings. The standard InChI is InChI=1S/C17H18ClFN2/c18-16-9-14(19)5-6-15(16)17(10-20)21-8-7-12-3-1-2-4-13(12)11-21/h1-6,9,17H,7-8,10-11,20H2. The van der Waals surface area contributed by atoms with Gasteiger partial charge in [0.1, 0.15) is 5.82 Å². The van der Waals surface area contributed by atoms with E-state index in [0.717, 1.165) is 25.1 Å². The highest BCUT2D eigenvalue weighted by Crippen LogP contribution is 2.31. The first kappa shape index (κ1) is 14.5. The minimum absolute atomic E-state index is 0.0199. The number of nitrogens with zero attached hydrogens (tertiary/aromatic N) is 1. The molecule has 1 unspecified atom stereocenters. The number of rotatable bonds is 3. The van der Waals surface area contributed by atoms with E-state index in [4.69, 9.17) is 17.3 Å². The van der Waals surface area contributed by atoms with Crippen molar-refractivity contribution >= 4 is 11.6 Å². The van der Waals surface area contributed by atoms with Crippen LogP contribution < -0.4 is 5.73 Å². The summed E-state index contributed by atoms with van der Waals surface area (Å²) in [5, 5.41) is 0.448. The Morgan fingerprint density at radius 1 is 1.19 bits per heavy atom. The Bertz CT molecular complexity index is 644. The molecule has 3 rings (SSSR count). The molecule has 1 aliphatic heterocycles. The molecule has 4 heteroatoms. The first-order chi connectivity index (χ1) is 10.2. The number of fused-ring (bicyclic) bond motifs is 1. The van der Waals surface area contributed by atoms with Crippen molar-refractivity contribution in [3.8, 4) is 0 Å². The molecule has 0 radical (unpaired) electrons. The molecule has 0 saturated carbocycles. The highest BCUT2D eigenvalue weighted by molar-refractivity contribution is 6.31. The zero-order chi connectivity index (χ0) is 14.8. The molecule has 1 aliphatic rings. The molecule has 0 spiro atoms. The van der Waals surface area contributed by atoms with E-state index in [1.54, 1.807) is 6.07 Å². The van der Waals surface area contributed by atoms with E-state index in [0.29, 0.717) is 11.6 Å². The fourth-order valence-corrected chi connectivity index (χ4v) is 3.32. The van der Waals surface area contributed by atoms with Crippen LogP contribution in [0.15, 0.2) is 42.5 Å². The molecule has 2 nitrogen and oxygen atoms in total. The van der Waals surface area contributed by atoms with Gasteiger partial charge in [0.2, 0.25) is 0 Å². The zero-order valence-electron chi connectivity index (χ0n) is 11.7. The molecule has 2 aromatic carbocycles. The van der Waals surface area contributed by atoms with E-state index in [2.05, 4.69) is 29.2 Å². The van der Waals surface area contributed by atoms with Gasteiger partial charge in [-0.15, -0.1) is 0 Å². The lowest BCUT2D eigenvalue weighted by Crippen LogP contribution is -2.37. The average molecular weight is 305 g/mol. The van der Waals surface area contributed by atoms with Crippen LogP contribution in [0.3, 0.4) is 0 Å². The molecular formula is C17H18ClFN2. The molecule has 1 atom stereocenters. The van der Waals surface area contributed by atoms with Gasteiger partial charge in [-0.3, -0.25) is 4.90 Å². The highest BCUT2D eigenvalue weighted by Gasteiger charge is 2.25. The first-order valence-electron chi connectivity index (χ1n) is 7.15. The predicted octanol–water partition coefficient (Wildman–Crippen LogP) is 3.54. The van der Waals surface area contributed by atoms with Gasteiger partial charge in [-0.2, -0.15) is 0 Å². The van der Waals surface area contributed by atoms with E-state index in [9.17, 15) is 4.39 Å². The Hall–Kier alpha value is -1.42. The highest BCUT2D eigenvalue weighted by atomic mass is 35.5. The van der Waals surface area contributed by atoms with Crippen molar-refractivity contribution in [1.82, 2.24) is 4.90 Å². The van der Waals surface area contributed by atoms with E-state index in [1.165, 1.54) is 23.3 Å². The maximum atomic E-state index is 13.2. The Morgan fingerprint density at radius 2 is 1.95 bits per heavy atom. The summed E-state index contributed by atoms with van der Waals surface area (Å²) in [6.07, 6.45) is 1.01.